The summed E-state index contributed by atoms with van der Waals surface area (Å²) in [7, 11) is 0. The van der Waals surface area contributed by atoms with E-state index in [0.29, 0.717) is 5.56 Å². The molecule has 1 aliphatic rings. The van der Waals surface area contributed by atoms with Crippen LogP contribution in [0.3, 0.4) is 0 Å². The van der Waals surface area contributed by atoms with E-state index in [1.54, 1.807) is 36.4 Å². The molecule has 1 atom stereocenters. The summed E-state index contributed by atoms with van der Waals surface area (Å²) in [6.07, 6.45) is -0.596. The van der Waals surface area contributed by atoms with E-state index in [1.165, 1.54) is 18.2 Å². The Balaban J connectivity index is 1.52. The highest BCUT2D eigenvalue weighted by Crippen LogP contribution is 2.41. The number of fused-ring (bicyclic) bond motifs is 1. The summed E-state index contributed by atoms with van der Waals surface area (Å²) in [5.41, 5.74) is 0.760. The number of esters is 1. The van der Waals surface area contributed by atoms with E-state index < -0.39 is 12.1 Å². The molecule has 0 spiro atoms. The predicted molar refractivity (Wildman–Crippen MR) is 102 cm³/mol. The predicted octanol–water partition coefficient (Wildman–Crippen LogP) is 3.73. The second-order valence-corrected chi connectivity index (χ2v) is 6.55. The van der Waals surface area contributed by atoms with Crippen molar-refractivity contribution in [1.82, 2.24) is 0 Å². The molecule has 0 saturated heterocycles. The Morgan fingerprint density at radius 3 is 2.41 bits per heavy atom. The van der Waals surface area contributed by atoms with Crippen LogP contribution in [0.1, 0.15) is 38.8 Å². The van der Waals surface area contributed by atoms with Crippen molar-refractivity contribution in [2.45, 2.75) is 12.5 Å². The van der Waals surface area contributed by atoms with Gasteiger partial charge in [-0.15, -0.1) is 0 Å². The van der Waals surface area contributed by atoms with Gasteiger partial charge in [-0.2, -0.15) is 0 Å². The zero-order chi connectivity index (χ0) is 20.5. The van der Waals surface area contributed by atoms with Gasteiger partial charge < -0.3 is 24.8 Å². The van der Waals surface area contributed by atoms with E-state index in [0.717, 1.165) is 6.07 Å². The molecular weight excluding hydrogens is 376 g/mol. The standard InChI is InChI=1S/C22H16O7/c23-13-9-17(25)21-18(26)11-19(29-20(21)10-13)12-5-7-14(8-6-12)28-22(27)15-3-1-2-4-16(15)24/h1-10,19,23-25H,11H2. The number of carbonyl (C=O) groups excluding carboxylic acids is 2. The fraction of sp³-hybridized carbons (Fsp3) is 0.0909. The van der Waals surface area contributed by atoms with Crippen LogP contribution >= 0.6 is 0 Å². The van der Waals surface area contributed by atoms with Gasteiger partial charge in [-0.3, -0.25) is 4.79 Å². The number of Topliss-reactive ketones (excluding diaryl/α,β-unsaturated/α-hetero) is 1. The summed E-state index contributed by atoms with van der Waals surface area (Å²) < 4.78 is 11.0. The van der Waals surface area contributed by atoms with Crippen LogP contribution in [0.5, 0.6) is 28.7 Å². The second kappa shape index (κ2) is 7.20. The minimum Gasteiger partial charge on any atom is -0.508 e. The van der Waals surface area contributed by atoms with E-state index in [-0.39, 0.29) is 52.1 Å². The zero-order valence-electron chi connectivity index (χ0n) is 15.0. The average molecular weight is 392 g/mol. The number of benzene rings is 3. The molecule has 0 amide bonds. The molecule has 4 rings (SSSR count). The molecule has 3 aromatic rings. The Kier molecular flexibility index (Phi) is 4.56. The summed E-state index contributed by atoms with van der Waals surface area (Å²) in [5.74, 6) is -1.33. The van der Waals surface area contributed by atoms with Crippen molar-refractivity contribution in [3.8, 4) is 28.7 Å². The van der Waals surface area contributed by atoms with Gasteiger partial charge >= 0.3 is 5.97 Å². The smallest absolute Gasteiger partial charge is 0.347 e. The molecule has 1 aliphatic heterocycles. The van der Waals surface area contributed by atoms with Crippen LogP contribution in [-0.4, -0.2) is 27.1 Å². The zero-order valence-corrected chi connectivity index (χ0v) is 15.0. The Morgan fingerprint density at radius 2 is 1.69 bits per heavy atom. The number of phenolic OH excluding ortho intramolecular Hbond substituents is 3. The van der Waals surface area contributed by atoms with Crippen LogP contribution in [-0.2, 0) is 0 Å². The van der Waals surface area contributed by atoms with Crippen molar-refractivity contribution in [1.29, 1.82) is 0 Å². The molecule has 0 aliphatic carbocycles. The number of hydrogen-bond donors (Lipinski definition) is 3. The number of aromatic hydroxyl groups is 3. The second-order valence-electron chi connectivity index (χ2n) is 6.55. The molecule has 0 fully saturated rings. The molecule has 3 aromatic carbocycles. The van der Waals surface area contributed by atoms with Gasteiger partial charge in [0, 0.05) is 12.1 Å². The molecule has 0 radical (unpaired) electrons. The third-order valence-electron chi connectivity index (χ3n) is 4.57. The topological polar surface area (TPSA) is 113 Å². The first kappa shape index (κ1) is 18.4. The van der Waals surface area contributed by atoms with Crippen LogP contribution in [0.25, 0.3) is 0 Å². The molecule has 0 bridgehead atoms. The van der Waals surface area contributed by atoms with Crippen LogP contribution < -0.4 is 9.47 Å². The number of hydrogen-bond acceptors (Lipinski definition) is 7. The first-order chi connectivity index (χ1) is 13.9. The number of phenols is 3. The summed E-state index contributed by atoms with van der Waals surface area (Å²) in [6.45, 7) is 0. The molecule has 0 aromatic heterocycles. The van der Waals surface area contributed by atoms with Gasteiger partial charge in [0.05, 0.1) is 6.42 Å². The van der Waals surface area contributed by atoms with Gasteiger partial charge in [0.1, 0.15) is 46.0 Å². The molecule has 1 unspecified atom stereocenters. The summed E-state index contributed by atoms with van der Waals surface area (Å²) in [6, 6.07) is 14.8. The average Bonchev–Trinajstić information content (AvgIpc) is 2.68. The van der Waals surface area contributed by atoms with Crippen LogP contribution in [0, 0.1) is 0 Å². The SMILES string of the molecule is O=C(Oc1ccc(C2CC(=O)c3c(O)cc(O)cc3O2)cc1)c1ccccc1O. The van der Waals surface area contributed by atoms with Crippen LogP contribution in [0.4, 0.5) is 0 Å². The van der Waals surface area contributed by atoms with Crippen molar-refractivity contribution in [2.24, 2.45) is 0 Å². The maximum Gasteiger partial charge on any atom is 0.347 e. The van der Waals surface area contributed by atoms with Gasteiger partial charge in [0.25, 0.3) is 0 Å². The summed E-state index contributed by atoms with van der Waals surface area (Å²) in [4.78, 5) is 24.6. The Bertz CT molecular complexity index is 1100. The molecule has 0 saturated carbocycles. The third kappa shape index (κ3) is 3.58. The van der Waals surface area contributed by atoms with Crippen molar-refractivity contribution >= 4 is 11.8 Å². The van der Waals surface area contributed by atoms with Gasteiger partial charge in [-0.1, -0.05) is 24.3 Å². The largest absolute Gasteiger partial charge is 0.508 e. The lowest BCUT2D eigenvalue weighted by Crippen LogP contribution is -2.20. The molecule has 7 nitrogen and oxygen atoms in total. The lowest BCUT2D eigenvalue weighted by Gasteiger charge is -2.26. The highest BCUT2D eigenvalue weighted by Gasteiger charge is 2.30. The lowest BCUT2D eigenvalue weighted by atomic mass is 9.95. The van der Waals surface area contributed by atoms with Crippen molar-refractivity contribution in [3.05, 3.63) is 77.4 Å². The molecule has 29 heavy (non-hydrogen) atoms. The van der Waals surface area contributed by atoms with Crippen molar-refractivity contribution in [2.75, 3.05) is 0 Å². The van der Waals surface area contributed by atoms with E-state index in [1.807, 2.05) is 0 Å². The van der Waals surface area contributed by atoms with E-state index in [9.17, 15) is 24.9 Å². The highest BCUT2D eigenvalue weighted by molar-refractivity contribution is 6.02. The fourth-order valence-corrected chi connectivity index (χ4v) is 3.17. The van der Waals surface area contributed by atoms with Crippen molar-refractivity contribution in [3.63, 3.8) is 0 Å². The number of ketones is 1. The van der Waals surface area contributed by atoms with E-state index in [4.69, 9.17) is 9.47 Å². The number of carbonyl (C=O) groups is 2. The number of para-hydroxylation sites is 1. The Morgan fingerprint density at radius 1 is 0.966 bits per heavy atom. The molecule has 1 heterocycles. The Hall–Kier alpha value is -4.00. The van der Waals surface area contributed by atoms with Gasteiger partial charge in [-0.25, -0.2) is 4.79 Å². The first-order valence-corrected chi connectivity index (χ1v) is 8.78. The minimum absolute atomic E-state index is 0.0162. The molecule has 7 heteroatoms. The summed E-state index contributed by atoms with van der Waals surface area (Å²) in [5, 5.41) is 29.2. The van der Waals surface area contributed by atoms with E-state index >= 15 is 0 Å². The normalized spacial score (nSPS) is 15.3. The Labute approximate surface area is 165 Å². The van der Waals surface area contributed by atoms with Crippen LogP contribution in [0.15, 0.2) is 60.7 Å². The summed E-state index contributed by atoms with van der Waals surface area (Å²) >= 11 is 0. The first-order valence-electron chi connectivity index (χ1n) is 8.78. The molecule has 3 N–H and O–H groups in total. The monoisotopic (exact) mass is 392 g/mol. The number of ether oxygens (including phenoxy) is 2. The quantitative estimate of drug-likeness (QED) is 0.460. The molecule has 146 valence electrons. The minimum atomic E-state index is -0.695. The lowest BCUT2D eigenvalue weighted by molar-refractivity contribution is 0.0731. The molecular formula is C22H16O7. The van der Waals surface area contributed by atoms with Gasteiger partial charge in [-0.05, 0) is 29.8 Å². The van der Waals surface area contributed by atoms with Crippen molar-refractivity contribution < 1.29 is 34.4 Å². The highest BCUT2D eigenvalue weighted by atomic mass is 16.5. The van der Waals surface area contributed by atoms with E-state index in [2.05, 4.69) is 0 Å². The fourth-order valence-electron chi connectivity index (χ4n) is 3.17. The van der Waals surface area contributed by atoms with Crippen LogP contribution in [0.2, 0.25) is 0 Å². The van der Waals surface area contributed by atoms with Gasteiger partial charge in [0.15, 0.2) is 5.78 Å². The maximum atomic E-state index is 12.4. The number of rotatable bonds is 3. The third-order valence-corrected chi connectivity index (χ3v) is 4.57. The van der Waals surface area contributed by atoms with Gasteiger partial charge in [0.2, 0.25) is 0 Å². The maximum absolute atomic E-state index is 12.4.